The third kappa shape index (κ3) is 5.05. The van der Waals surface area contributed by atoms with Gasteiger partial charge >= 0.3 is 0 Å². The summed E-state index contributed by atoms with van der Waals surface area (Å²) in [6.45, 7) is 1.95. The molecule has 136 valence electrons. The van der Waals surface area contributed by atoms with Gasteiger partial charge < -0.3 is 10.6 Å². The Hall–Kier alpha value is -3.40. The standard InChI is InChI=1S/C23H22N2O2/c1-17(26)25-21-14-12-20(13-15-21)23(27)24-16-22(18-8-4-2-5-9-18)19-10-6-3-7-11-19/h2-15,22H,16H2,1H3,(H,24,27)(H,25,26). The van der Waals surface area contributed by atoms with Gasteiger partial charge in [-0.15, -0.1) is 0 Å². The molecule has 4 heteroatoms. The van der Waals surface area contributed by atoms with Crippen molar-refractivity contribution < 1.29 is 9.59 Å². The largest absolute Gasteiger partial charge is 0.351 e. The number of benzene rings is 3. The molecule has 3 aromatic rings. The van der Waals surface area contributed by atoms with E-state index in [1.807, 2.05) is 36.4 Å². The second kappa shape index (κ2) is 8.81. The Morgan fingerprint density at radius 2 is 1.30 bits per heavy atom. The van der Waals surface area contributed by atoms with Gasteiger partial charge in [0.05, 0.1) is 0 Å². The van der Waals surface area contributed by atoms with Gasteiger partial charge in [-0.05, 0) is 35.4 Å². The molecular weight excluding hydrogens is 336 g/mol. The second-order valence-electron chi connectivity index (χ2n) is 6.34. The topological polar surface area (TPSA) is 58.2 Å². The minimum Gasteiger partial charge on any atom is -0.351 e. The van der Waals surface area contributed by atoms with E-state index in [0.717, 1.165) is 11.1 Å². The predicted octanol–water partition coefficient (Wildman–Crippen LogP) is 4.21. The molecule has 0 saturated carbocycles. The number of amides is 2. The quantitative estimate of drug-likeness (QED) is 0.693. The fourth-order valence-corrected chi connectivity index (χ4v) is 3.00. The van der Waals surface area contributed by atoms with Crippen LogP contribution >= 0.6 is 0 Å². The van der Waals surface area contributed by atoms with Crippen molar-refractivity contribution in [2.45, 2.75) is 12.8 Å². The molecule has 4 nitrogen and oxygen atoms in total. The maximum absolute atomic E-state index is 12.5. The van der Waals surface area contributed by atoms with E-state index in [2.05, 4.69) is 34.9 Å². The Bertz CT molecular complexity index is 851. The van der Waals surface area contributed by atoms with Gasteiger partial charge in [-0.25, -0.2) is 0 Å². The predicted molar refractivity (Wildman–Crippen MR) is 108 cm³/mol. The van der Waals surface area contributed by atoms with Crippen molar-refractivity contribution in [3.63, 3.8) is 0 Å². The normalized spacial score (nSPS) is 10.4. The number of hydrogen-bond donors (Lipinski definition) is 2. The zero-order valence-electron chi connectivity index (χ0n) is 15.2. The molecule has 0 aliphatic heterocycles. The zero-order valence-corrected chi connectivity index (χ0v) is 15.2. The van der Waals surface area contributed by atoms with Gasteiger partial charge in [0.15, 0.2) is 0 Å². The molecule has 0 radical (unpaired) electrons. The number of carbonyl (C=O) groups is 2. The Morgan fingerprint density at radius 1 is 0.778 bits per heavy atom. The number of hydrogen-bond acceptors (Lipinski definition) is 2. The molecule has 0 spiro atoms. The van der Waals surface area contributed by atoms with Crippen LogP contribution in [0.2, 0.25) is 0 Å². The summed E-state index contributed by atoms with van der Waals surface area (Å²) in [6, 6.07) is 27.2. The molecule has 0 aliphatic rings. The number of anilines is 1. The summed E-state index contributed by atoms with van der Waals surface area (Å²) in [5, 5.41) is 5.72. The SMILES string of the molecule is CC(=O)Nc1ccc(C(=O)NCC(c2ccccc2)c2ccccc2)cc1. The first kappa shape index (κ1) is 18.4. The maximum Gasteiger partial charge on any atom is 0.251 e. The van der Waals surface area contributed by atoms with Crippen LogP contribution in [0.15, 0.2) is 84.9 Å². The van der Waals surface area contributed by atoms with E-state index in [1.165, 1.54) is 6.92 Å². The van der Waals surface area contributed by atoms with E-state index >= 15 is 0 Å². The van der Waals surface area contributed by atoms with Crippen LogP contribution in [0.1, 0.15) is 34.3 Å². The molecular formula is C23H22N2O2. The third-order valence-electron chi connectivity index (χ3n) is 4.34. The van der Waals surface area contributed by atoms with Crippen LogP contribution in [0.25, 0.3) is 0 Å². The highest BCUT2D eigenvalue weighted by molar-refractivity contribution is 5.95. The summed E-state index contributed by atoms with van der Waals surface area (Å²) in [6.07, 6.45) is 0. The summed E-state index contributed by atoms with van der Waals surface area (Å²) >= 11 is 0. The van der Waals surface area contributed by atoms with E-state index in [1.54, 1.807) is 24.3 Å². The molecule has 0 saturated heterocycles. The first-order chi connectivity index (χ1) is 13.1. The summed E-state index contributed by atoms with van der Waals surface area (Å²) in [7, 11) is 0. The Morgan fingerprint density at radius 3 is 1.78 bits per heavy atom. The molecule has 2 amide bonds. The summed E-state index contributed by atoms with van der Waals surface area (Å²) in [5.41, 5.74) is 3.55. The van der Waals surface area contributed by atoms with Gasteiger partial charge in [0, 0.05) is 30.6 Å². The monoisotopic (exact) mass is 358 g/mol. The van der Waals surface area contributed by atoms with Crippen LogP contribution in [0.4, 0.5) is 5.69 Å². The summed E-state index contributed by atoms with van der Waals surface area (Å²) in [4.78, 5) is 23.6. The van der Waals surface area contributed by atoms with E-state index in [9.17, 15) is 9.59 Å². The highest BCUT2D eigenvalue weighted by Gasteiger charge is 2.15. The van der Waals surface area contributed by atoms with Gasteiger partial charge in [-0.1, -0.05) is 60.7 Å². The highest BCUT2D eigenvalue weighted by atomic mass is 16.2. The molecule has 0 heterocycles. The Balaban J connectivity index is 1.72. The Kier molecular flexibility index (Phi) is 6.00. The van der Waals surface area contributed by atoms with Crippen LogP contribution in [-0.4, -0.2) is 18.4 Å². The van der Waals surface area contributed by atoms with Crippen LogP contribution in [-0.2, 0) is 4.79 Å². The second-order valence-corrected chi connectivity index (χ2v) is 6.34. The average Bonchev–Trinajstić information content (AvgIpc) is 2.70. The van der Waals surface area contributed by atoms with Crippen LogP contribution in [0.3, 0.4) is 0 Å². The minimum absolute atomic E-state index is 0.0787. The molecule has 27 heavy (non-hydrogen) atoms. The maximum atomic E-state index is 12.5. The third-order valence-corrected chi connectivity index (χ3v) is 4.34. The first-order valence-corrected chi connectivity index (χ1v) is 8.89. The zero-order chi connectivity index (χ0) is 19.1. The van der Waals surface area contributed by atoms with Crippen molar-refractivity contribution in [1.82, 2.24) is 5.32 Å². The number of rotatable bonds is 6. The lowest BCUT2D eigenvalue weighted by molar-refractivity contribution is -0.114. The highest BCUT2D eigenvalue weighted by Crippen LogP contribution is 2.23. The van der Waals surface area contributed by atoms with Gasteiger partial charge in [-0.2, -0.15) is 0 Å². The smallest absolute Gasteiger partial charge is 0.251 e. The fraction of sp³-hybridized carbons (Fsp3) is 0.130. The lowest BCUT2D eigenvalue weighted by Gasteiger charge is -2.19. The molecule has 0 atom stereocenters. The molecule has 0 unspecified atom stereocenters. The van der Waals surface area contributed by atoms with Crippen molar-refractivity contribution in [2.75, 3.05) is 11.9 Å². The van der Waals surface area contributed by atoms with Gasteiger partial charge in [0.2, 0.25) is 5.91 Å². The van der Waals surface area contributed by atoms with Crippen molar-refractivity contribution in [3.8, 4) is 0 Å². The number of nitrogens with one attached hydrogen (secondary N) is 2. The average molecular weight is 358 g/mol. The molecule has 3 aromatic carbocycles. The summed E-state index contributed by atoms with van der Waals surface area (Å²) in [5.74, 6) is -0.197. The van der Waals surface area contributed by atoms with Crippen LogP contribution in [0.5, 0.6) is 0 Å². The molecule has 0 aliphatic carbocycles. The van der Waals surface area contributed by atoms with Crippen molar-refractivity contribution >= 4 is 17.5 Å². The lowest BCUT2D eigenvalue weighted by atomic mass is 9.91. The van der Waals surface area contributed by atoms with Crippen LogP contribution in [0, 0.1) is 0 Å². The molecule has 2 N–H and O–H groups in total. The van der Waals surface area contributed by atoms with E-state index in [0.29, 0.717) is 17.8 Å². The van der Waals surface area contributed by atoms with Gasteiger partial charge in [-0.3, -0.25) is 9.59 Å². The lowest BCUT2D eigenvalue weighted by Crippen LogP contribution is -2.28. The van der Waals surface area contributed by atoms with Crippen molar-refractivity contribution in [2.24, 2.45) is 0 Å². The van der Waals surface area contributed by atoms with Gasteiger partial charge in [0.1, 0.15) is 0 Å². The molecule has 0 fully saturated rings. The van der Waals surface area contributed by atoms with E-state index < -0.39 is 0 Å². The fourth-order valence-electron chi connectivity index (χ4n) is 3.00. The summed E-state index contributed by atoms with van der Waals surface area (Å²) < 4.78 is 0. The van der Waals surface area contributed by atoms with Crippen LogP contribution < -0.4 is 10.6 Å². The molecule has 3 rings (SSSR count). The first-order valence-electron chi connectivity index (χ1n) is 8.89. The van der Waals surface area contributed by atoms with Crippen molar-refractivity contribution in [1.29, 1.82) is 0 Å². The number of carbonyl (C=O) groups excluding carboxylic acids is 2. The van der Waals surface area contributed by atoms with Crippen molar-refractivity contribution in [3.05, 3.63) is 102 Å². The van der Waals surface area contributed by atoms with Gasteiger partial charge in [0.25, 0.3) is 5.91 Å². The molecule has 0 aromatic heterocycles. The Labute approximate surface area is 159 Å². The minimum atomic E-state index is -0.138. The molecule has 0 bridgehead atoms. The van der Waals surface area contributed by atoms with E-state index in [4.69, 9.17) is 0 Å². The van der Waals surface area contributed by atoms with E-state index in [-0.39, 0.29) is 17.7 Å².